The lowest BCUT2D eigenvalue weighted by atomic mass is 9.82. The average Bonchev–Trinajstić information content (AvgIpc) is 2.91. The Labute approximate surface area is 235 Å². The summed E-state index contributed by atoms with van der Waals surface area (Å²) in [6, 6.07) is 23.5. The van der Waals surface area contributed by atoms with Crippen molar-refractivity contribution in [3.8, 4) is 11.1 Å². The van der Waals surface area contributed by atoms with Crippen LogP contribution in [0.15, 0.2) is 83.9 Å². The molecule has 4 aromatic rings. The van der Waals surface area contributed by atoms with Crippen molar-refractivity contribution < 1.29 is 18.3 Å². The van der Waals surface area contributed by atoms with E-state index in [1.807, 2.05) is 86.0 Å². The highest BCUT2D eigenvalue weighted by molar-refractivity contribution is 7.98. The number of carbonyl (C=O) groups excluding carboxylic acids is 1. The number of hydrogen-bond acceptors (Lipinski definition) is 6. The Morgan fingerprint density at radius 2 is 1.72 bits per heavy atom. The van der Waals surface area contributed by atoms with Crippen LogP contribution in [0.25, 0.3) is 22.0 Å². The smallest absolute Gasteiger partial charge is 0.171 e. The molecule has 3 atom stereocenters. The monoisotopic (exact) mass is 561 g/mol. The zero-order chi connectivity index (χ0) is 28.4. The van der Waals surface area contributed by atoms with Crippen molar-refractivity contribution >= 4 is 38.3 Å². The van der Waals surface area contributed by atoms with Gasteiger partial charge in [0.1, 0.15) is 15.4 Å². The molecule has 3 aromatic carbocycles. The summed E-state index contributed by atoms with van der Waals surface area (Å²) in [4.78, 5) is 19.1. The van der Waals surface area contributed by atoms with Gasteiger partial charge < -0.3 is 5.11 Å². The Morgan fingerprint density at radius 3 is 2.38 bits per heavy atom. The van der Waals surface area contributed by atoms with Crippen LogP contribution in [0.1, 0.15) is 43.4 Å². The van der Waals surface area contributed by atoms with Gasteiger partial charge in [0, 0.05) is 40.6 Å². The molecule has 204 valence electrons. The summed E-state index contributed by atoms with van der Waals surface area (Å²) in [7, 11) is -3.17. The number of carbonyl (C=O) groups is 1. The van der Waals surface area contributed by atoms with Gasteiger partial charge in [0.15, 0.2) is 5.78 Å². The zero-order valence-corrected chi connectivity index (χ0v) is 24.6. The topological polar surface area (TPSA) is 84.3 Å². The number of fused-ring (bicyclic) bond motifs is 1. The average molecular weight is 562 g/mol. The molecule has 0 spiro atoms. The fourth-order valence-electron chi connectivity index (χ4n) is 4.92. The number of benzene rings is 3. The SMILES string of the molecule is CSc1ccc(C(C)C(=O)C(C)(O)Cc2cccc(-c3cc(CC(C)S(C)(=O)=O)cc4cccnc34)c2)cc1. The fraction of sp³-hybridized carbons (Fsp3) is 0.312. The maximum Gasteiger partial charge on any atom is 0.171 e. The molecule has 7 heteroatoms. The molecule has 0 radical (unpaired) electrons. The van der Waals surface area contributed by atoms with E-state index in [1.54, 1.807) is 31.8 Å². The summed E-state index contributed by atoms with van der Waals surface area (Å²) >= 11 is 1.64. The number of pyridine rings is 1. The van der Waals surface area contributed by atoms with Crippen molar-refractivity contribution in [2.45, 2.75) is 55.3 Å². The molecule has 5 nitrogen and oxygen atoms in total. The predicted octanol–water partition coefficient (Wildman–Crippen LogP) is 6.27. The van der Waals surface area contributed by atoms with Gasteiger partial charge >= 0.3 is 0 Å². The van der Waals surface area contributed by atoms with Gasteiger partial charge in [-0.3, -0.25) is 9.78 Å². The van der Waals surface area contributed by atoms with Crippen molar-refractivity contribution in [2.75, 3.05) is 12.5 Å². The van der Waals surface area contributed by atoms with Crippen LogP contribution in [0.2, 0.25) is 0 Å². The van der Waals surface area contributed by atoms with Crippen LogP contribution >= 0.6 is 11.8 Å². The van der Waals surface area contributed by atoms with Crippen LogP contribution in [0.4, 0.5) is 0 Å². The first-order chi connectivity index (χ1) is 18.4. The summed E-state index contributed by atoms with van der Waals surface area (Å²) in [5, 5.41) is 11.7. The Hall–Kier alpha value is -3.00. The molecule has 39 heavy (non-hydrogen) atoms. The second-order valence-corrected chi connectivity index (χ2v) is 13.9. The molecule has 0 aliphatic heterocycles. The van der Waals surface area contributed by atoms with E-state index in [9.17, 15) is 18.3 Å². The van der Waals surface area contributed by atoms with Crippen molar-refractivity contribution in [1.29, 1.82) is 0 Å². The molecule has 1 N–H and O–H groups in total. The fourth-order valence-corrected chi connectivity index (χ4v) is 5.82. The van der Waals surface area contributed by atoms with Gasteiger partial charge in [-0.1, -0.05) is 49.4 Å². The molecule has 3 unspecified atom stereocenters. The third kappa shape index (κ3) is 6.78. The zero-order valence-electron chi connectivity index (χ0n) is 23.0. The van der Waals surface area contributed by atoms with Crippen molar-refractivity contribution in [3.63, 3.8) is 0 Å². The van der Waals surface area contributed by atoms with Crippen LogP contribution in [0.3, 0.4) is 0 Å². The first-order valence-electron chi connectivity index (χ1n) is 13.0. The number of aromatic nitrogens is 1. The lowest BCUT2D eigenvalue weighted by molar-refractivity contribution is -0.136. The van der Waals surface area contributed by atoms with E-state index in [-0.39, 0.29) is 12.2 Å². The first kappa shape index (κ1) is 29.0. The van der Waals surface area contributed by atoms with E-state index in [2.05, 4.69) is 4.98 Å². The molecule has 0 bridgehead atoms. The van der Waals surface area contributed by atoms with Gasteiger partial charge in [-0.05, 0) is 79.1 Å². The minimum atomic E-state index is -3.17. The molecule has 1 aromatic heterocycles. The minimum absolute atomic E-state index is 0.170. The lowest BCUT2D eigenvalue weighted by Crippen LogP contribution is -2.40. The van der Waals surface area contributed by atoms with E-state index in [0.29, 0.717) is 6.42 Å². The number of rotatable bonds is 10. The van der Waals surface area contributed by atoms with Crippen LogP contribution in [0.5, 0.6) is 0 Å². The lowest BCUT2D eigenvalue weighted by Gasteiger charge is -2.26. The van der Waals surface area contributed by atoms with Gasteiger partial charge in [-0.2, -0.15) is 0 Å². The van der Waals surface area contributed by atoms with Crippen LogP contribution in [0, 0.1) is 0 Å². The number of Topliss-reactive ketones (excluding diaryl/α,β-unsaturated/α-hetero) is 1. The van der Waals surface area contributed by atoms with Crippen LogP contribution in [-0.2, 0) is 27.5 Å². The standard InChI is InChI=1S/C32H35NO4S2/c1-21(39(5,36)37)16-24-18-27-10-7-15-33-30(27)29(19-24)26-9-6-8-23(17-26)20-32(3,35)31(34)22(2)25-11-13-28(38-4)14-12-25/h6-15,17-19,21-22,35H,16,20H2,1-5H3. The van der Waals surface area contributed by atoms with E-state index >= 15 is 0 Å². The summed E-state index contributed by atoms with van der Waals surface area (Å²) in [5.41, 5.74) is 3.67. The molecule has 0 amide bonds. The molecular formula is C32H35NO4S2. The third-order valence-corrected chi connectivity index (χ3v) is 9.72. The summed E-state index contributed by atoms with van der Waals surface area (Å²) in [6.07, 6.45) is 5.58. The van der Waals surface area contributed by atoms with E-state index in [4.69, 9.17) is 0 Å². The van der Waals surface area contributed by atoms with Crippen molar-refractivity contribution in [2.24, 2.45) is 0 Å². The summed E-state index contributed by atoms with van der Waals surface area (Å²) in [6.45, 7) is 5.14. The molecule has 0 saturated carbocycles. The van der Waals surface area contributed by atoms with E-state index in [0.717, 1.165) is 43.6 Å². The van der Waals surface area contributed by atoms with E-state index < -0.39 is 26.6 Å². The second kappa shape index (κ2) is 11.6. The molecule has 0 aliphatic carbocycles. The number of ketones is 1. The van der Waals surface area contributed by atoms with E-state index in [1.165, 1.54) is 6.26 Å². The minimum Gasteiger partial charge on any atom is -0.382 e. The normalized spacial score (nSPS) is 15.0. The Bertz CT molecular complexity index is 1590. The second-order valence-electron chi connectivity index (χ2n) is 10.6. The molecular weight excluding hydrogens is 526 g/mol. The predicted molar refractivity (Wildman–Crippen MR) is 161 cm³/mol. The van der Waals surface area contributed by atoms with Gasteiger partial charge in [0.05, 0.1) is 10.8 Å². The molecule has 0 fully saturated rings. The van der Waals surface area contributed by atoms with Crippen molar-refractivity contribution in [3.05, 3.63) is 95.7 Å². The number of thioether (sulfide) groups is 1. The molecule has 1 heterocycles. The highest BCUT2D eigenvalue weighted by atomic mass is 32.2. The van der Waals surface area contributed by atoms with Crippen LogP contribution < -0.4 is 0 Å². The first-order valence-corrected chi connectivity index (χ1v) is 16.1. The number of nitrogens with zero attached hydrogens (tertiary/aromatic N) is 1. The van der Waals surface area contributed by atoms with Gasteiger partial charge in [-0.25, -0.2) is 8.42 Å². The highest BCUT2D eigenvalue weighted by Gasteiger charge is 2.34. The Kier molecular flexibility index (Phi) is 8.64. The molecule has 4 rings (SSSR count). The molecule has 0 saturated heterocycles. The number of sulfone groups is 1. The molecule has 0 aliphatic rings. The summed E-state index contributed by atoms with van der Waals surface area (Å²) in [5.74, 6) is -0.672. The largest absolute Gasteiger partial charge is 0.382 e. The third-order valence-electron chi connectivity index (χ3n) is 7.34. The number of aliphatic hydroxyl groups is 1. The van der Waals surface area contributed by atoms with Crippen LogP contribution in [-0.4, -0.2) is 47.7 Å². The Balaban J connectivity index is 1.64. The van der Waals surface area contributed by atoms with Crippen molar-refractivity contribution in [1.82, 2.24) is 4.98 Å². The maximum absolute atomic E-state index is 13.4. The van der Waals surface area contributed by atoms with Gasteiger partial charge in [-0.15, -0.1) is 11.8 Å². The number of hydrogen-bond donors (Lipinski definition) is 1. The highest BCUT2D eigenvalue weighted by Crippen LogP contribution is 2.32. The van der Waals surface area contributed by atoms with Gasteiger partial charge in [0.2, 0.25) is 0 Å². The van der Waals surface area contributed by atoms with Gasteiger partial charge in [0.25, 0.3) is 0 Å². The summed E-state index contributed by atoms with van der Waals surface area (Å²) < 4.78 is 24.2. The Morgan fingerprint density at radius 1 is 1.00 bits per heavy atom. The maximum atomic E-state index is 13.4. The quantitative estimate of drug-likeness (QED) is 0.230.